The molecule has 0 aliphatic rings. The van der Waals surface area contributed by atoms with Gasteiger partial charge in [0, 0.05) is 24.0 Å². The first-order chi connectivity index (χ1) is 12.4. The lowest BCUT2D eigenvalue weighted by atomic mass is 10.1. The molecule has 2 aromatic rings. The van der Waals surface area contributed by atoms with Crippen LogP contribution in [-0.4, -0.2) is 23.0 Å². The number of rotatable bonds is 6. The van der Waals surface area contributed by atoms with E-state index in [0.717, 1.165) is 12.0 Å². The first kappa shape index (κ1) is 19.7. The highest BCUT2D eigenvalue weighted by molar-refractivity contribution is 6.33. The number of benzene rings is 1. The van der Waals surface area contributed by atoms with Crippen molar-refractivity contribution in [2.45, 2.75) is 39.3 Å². The molecule has 0 unspecified atom stereocenters. The van der Waals surface area contributed by atoms with E-state index in [-0.39, 0.29) is 18.0 Å². The number of carbonyl (C=O) groups is 2. The Hall–Kier alpha value is -2.60. The first-order valence-electron chi connectivity index (χ1n) is 8.48. The molecule has 2 rings (SSSR count). The average molecular weight is 375 g/mol. The largest absolute Gasteiger partial charge is 0.350 e. The molecule has 0 spiro atoms. The number of halogens is 1. The Labute approximate surface area is 158 Å². The highest BCUT2D eigenvalue weighted by atomic mass is 35.5. The van der Waals surface area contributed by atoms with E-state index in [0.29, 0.717) is 16.3 Å². The monoisotopic (exact) mass is 374 g/mol. The second kappa shape index (κ2) is 9.20. The second-order valence-electron chi connectivity index (χ2n) is 6.16. The quantitative estimate of drug-likeness (QED) is 0.710. The number of pyridine rings is 1. The Morgan fingerprint density at radius 1 is 1.12 bits per heavy atom. The molecule has 0 fully saturated rings. The third-order valence-corrected chi connectivity index (χ3v) is 4.05. The normalized spacial score (nSPS) is 11.7. The van der Waals surface area contributed by atoms with Crippen LogP contribution in [0.15, 0.2) is 42.7 Å². The van der Waals surface area contributed by atoms with E-state index >= 15 is 0 Å². The molecule has 0 radical (unpaired) electrons. The van der Waals surface area contributed by atoms with Gasteiger partial charge >= 0.3 is 6.03 Å². The van der Waals surface area contributed by atoms with Gasteiger partial charge in [-0.3, -0.25) is 9.78 Å². The third kappa shape index (κ3) is 5.46. The van der Waals surface area contributed by atoms with Gasteiger partial charge in [0.1, 0.15) is 0 Å². The van der Waals surface area contributed by atoms with Crippen molar-refractivity contribution in [3.63, 3.8) is 0 Å². The van der Waals surface area contributed by atoms with Crippen LogP contribution in [0.25, 0.3) is 0 Å². The first-order valence-corrected chi connectivity index (χ1v) is 8.86. The summed E-state index contributed by atoms with van der Waals surface area (Å²) in [7, 11) is 0. The van der Waals surface area contributed by atoms with Crippen LogP contribution in [0.4, 0.5) is 10.5 Å². The predicted octanol–water partition coefficient (Wildman–Crippen LogP) is 4.15. The Morgan fingerprint density at radius 2 is 1.81 bits per heavy atom. The van der Waals surface area contributed by atoms with E-state index in [4.69, 9.17) is 11.6 Å². The standard InChI is InChI=1S/C19H23ClN4O2/c1-4-16(13-7-9-21-10-8-13)23-19(26)24-17-11-14(5-6-15(17)20)18(25)22-12(2)3/h5-12,16H,4H2,1-3H3,(H,22,25)(H2,23,24,26)/t16-/m0/s1. The van der Waals surface area contributed by atoms with Crippen molar-refractivity contribution >= 4 is 29.2 Å². The average Bonchev–Trinajstić information content (AvgIpc) is 2.61. The van der Waals surface area contributed by atoms with Crippen LogP contribution in [0.3, 0.4) is 0 Å². The molecule has 138 valence electrons. The summed E-state index contributed by atoms with van der Waals surface area (Å²) in [4.78, 5) is 28.5. The van der Waals surface area contributed by atoms with Crippen LogP contribution >= 0.6 is 11.6 Å². The molecule has 1 heterocycles. The summed E-state index contributed by atoms with van der Waals surface area (Å²) in [6.45, 7) is 5.74. The van der Waals surface area contributed by atoms with Gasteiger partial charge < -0.3 is 16.0 Å². The van der Waals surface area contributed by atoms with Crippen LogP contribution in [-0.2, 0) is 0 Å². The number of nitrogens with zero attached hydrogens (tertiary/aromatic N) is 1. The Balaban J connectivity index is 2.09. The van der Waals surface area contributed by atoms with E-state index in [1.165, 1.54) is 0 Å². The molecule has 7 heteroatoms. The Kier molecular flexibility index (Phi) is 6.97. The molecule has 0 saturated carbocycles. The van der Waals surface area contributed by atoms with E-state index in [1.807, 2.05) is 32.9 Å². The number of carbonyl (C=O) groups excluding carboxylic acids is 2. The minimum absolute atomic E-state index is 0.0172. The number of amides is 3. The van der Waals surface area contributed by atoms with Crippen molar-refractivity contribution in [3.05, 3.63) is 58.9 Å². The zero-order valence-electron chi connectivity index (χ0n) is 15.0. The number of aromatic nitrogens is 1. The molecule has 0 bridgehead atoms. The van der Waals surface area contributed by atoms with Gasteiger partial charge in [0.25, 0.3) is 5.91 Å². The zero-order chi connectivity index (χ0) is 19.1. The molecule has 0 aliphatic carbocycles. The van der Waals surface area contributed by atoms with Gasteiger partial charge in [-0.1, -0.05) is 18.5 Å². The molecule has 26 heavy (non-hydrogen) atoms. The van der Waals surface area contributed by atoms with Crippen LogP contribution in [0.5, 0.6) is 0 Å². The molecule has 1 atom stereocenters. The fourth-order valence-corrected chi connectivity index (χ4v) is 2.61. The number of hydrogen-bond donors (Lipinski definition) is 3. The van der Waals surface area contributed by atoms with Crippen molar-refractivity contribution < 1.29 is 9.59 Å². The zero-order valence-corrected chi connectivity index (χ0v) is 15.8. The topological polar surface area (TPSA) is 83.1 Å². The second-order valence-corrected chi connectivity index (χ2v) is 6.57. The van der Waals surface area contributed by atoms with E-state index in [9.17, 15) is 9.59 Å². The third-order valence-electron chi connectivity index (χ3n) is 3.72. The summed E-state index contributed by atoms with van der Waals surface area (Å²) in [6.07, 6.45) is 4.10. The van der Waals surface area contributed by atoms with Gasteiger partial charge in [0.05, 0.1) is 16.8 Å². The van der Waals surface area contributed by atoms with Gasteiger partial charge in [-0.05, 0) is 56.2 Å². The summed E-state index contributed by atoms with van der Waals surface area (Å²) in [5.74, 6) is -0.219. The smallest absolute Gasteiger partial charge is 0.319 e. The van der Waals surface area contributed by atoms with Crippen molar-refractivity contribution in [3.8, 4) is 0 Å². The number of urea groups is 1. The molecule has 1 aromatic carbocycles. The number of nitrogens with one attached hydrogen (secondary N) is 3. The van der Waals surface area contributed by atoms with Crippen molar-refractivity contribution in [2.24, 2.45) is 0 Å². The van der Waals surface area contributed by atoms with Gasteiger partial charge in [-0.2, -0.15) is 0 Å². The number of anilines is 1. The summed E-state index contributed by atoms with van der Waals surface area (Å²) in [6, 6.07) is 7.97. The number of hydrogen-bond acceptors (Lipinski definition) is 3. The molecular weight excluding hydrogens is 352 g/mol. The SMILES string of the molecule is CC[C@H](NC(=O)Nc1cc(C(=O)NC(C)C)ccc1Cl)c1ccncc1. The van der Waals surface area contributed by atoms with Gasteiger partial charge in [0.15, 0.2) is 0 Å². The van der Waals surface area contributed by atoms with Crippen molar-refractivity contribution in [2.75, 3.05) is 5.32 Å². The summed E-state index contributed by atoms with van der Waals surface area (Å²) < 4.78 is 0. The van der Waals surface area contributed by atoms with Gasteiger partial charge in [0.2, 0.25) is 0 Å². The molecule has 0 saturated heterocycles. The van der Waals surface area contributed by atoms with Crippen LogP contribution < -0.4 is 16.0 Å². The lowest BCUT2D eigenvalue weighted by molar-refractivity contribution is 0.0943. The molecular formula is C19H23ClN4O2. The molecule has 3 amide bonds. The minimum Gasteiger partial charge on any atom is -0.350 e. The van der Waals surface area contributed by atoms with Crippen molar-refractivity contribution in [1.82, 2.24) is 15.6 Å². The van der Waals surface area contributed by atoms with Crippen LogP contribution in [0.2, 0.25) is 5.02 Å². The lowest BCUT2D eigenvalue weighted by Crippen LogP contribution is -2.33. The fraction of sp³-hybridized carbons (Fsp3) is 0.316. The highest BCUT2D eigenvalue weighted by Crippen LogP contribution is 2.24. The lowest BCUT2D eigenvalue weighted by Gasteiger charge is -2.18. The summed E-state index contributed by atoms with van der Waals surface area (Å²) >= 11 is 6.16. The van der Waals surface area contributed by atoms with Crippen LogP contribution in [0.1, 0.15) is 49.2 Å². The molecule has 6 nitrogen and oxygen atoms in total. The maximum Gasteiger partial charge on any atom is 0.319 e. The predicted molar refractivity (Wildman–Crippen MR) is 103 cm³/mol. The fourth-order valence-electron chi connectivity index (χ4n) is 2.44. The van der Waals surface area contributed by atoms with E-state index in [2.05, 4.69) is 20.9 Å². The van der Waals surface area contributed by atoms with Crippen molar-refractivity contribution in [1.29, 1.82) is 0 Å². The summed E-state index contributed by atoms with van der Waals surface area (Å²) in [5, 5.41) is 8.78. The van der Waals surface area contributed by atoms with Gasteiger partial charge in [-0.15, -0.1) is 0 Å². The maximum absolute atomic E-state index is 12.4. The van der Waals surface area contributed by atoms with Gasteiger partial charge in [-0.25, -0.2) is 4.79 Å². The minimum atomic E-state index is -0.392. The molecule has 1 aromatic heterocycles. The molecule has 0 aliphatic heterocycles. The van der Waals surface area contributed by atoms with E-state index < -0.39 is 6.03 Å². The Bertz CT molecular complexity index is 765. The summed E-state index contributed by atoms with van der Waals surface area (Å²) in [5.41, 5.74) is 1.78. The maximum atomic E-state index is 12.4. The molecule has 3 N–H and O–H groups in total. The Morgan fingerprint density at radius 3 is 2.42 bits per heavy atom. The van der Waals surface area contributed by atoms with E-state index in [1.54, 1.807) is 30.6 Å². The highest BCUT2D eigenvalue weighted by Gasteiger charge is 2.15. The van der Waals surface area contributed by atoms with Crippen LogP contribution in [0, 0.1) is 0 Å².